The molecule has 5 heteroatoms. The average Bonchev–Trinajstić information content (AvgIpc) is 2.79. The van der Waals surface area contributed by atoms with Crippen LogP contribution >= 0.6 is 0 Å². The number of nitrogens with one attached hydrogen (secondary N) is 1. The van der Waals surface area contributed by atoms with Gasteiger partial charge in [0.2, 0.25) is 0 Å². The van der Waals surface area contributed by atoms with Crippen molar-refractivity contribution in [3.8, 4) is 16.9 Å². The third kappa shape index (κ3) is 4.69. The molecule has 0 saturated carbocycles. The minimum Gasteiger partial charge on any atom is -0.489 e. The molecule has 4 nitrogen and oxygen atoms in total. The van der Waals surface area contributed by atoms with Crippen LogP contribution in [0.3, 0.4) is 0 Å². The van der Waals surface area contributed by atoms with E-state index in [4.69, 9.17) is 4.74 Å². The molecule has 1 saturated heterocycles. The third-order valence-electron chi connectivity index (χ3n) is 5.24. The Morgan fingerprint density at radius 1 is 0.966 bits per heavy atom. The van der Waals surface area contributed by atoms with Crippen molar-refractivity contribution in [3.63, 3.8) is 0 Å². The molecule has 1 radical (unpaired) electrons. The number of rotatable bonds is 6. The lowest BCUT2D eigenvalue weighted by atomic mass is 10.1. The molecule has 1 fully saturated rings. The van der Waals surface area contributed by atoms with Gasteiger partial charge in [0, 0.05) is 0 Å². The second-order valence-electron chi connectivity index (χ2n) is 7.23. The maximum Gasteiger partial charge on any atom is 0.181 e. The van der Waals surface area contributed by atoms with Gasteiger partial charge >= 0.3 is 0 Å². The van der Waals surface area contributed by atoms with Gasteiger partial charge in [-0.25, -0.2) is 8.42 Å². The first-order valence-electron chi connectivity index (χ1n) is 9.86. The maximum absolute atomic E-state index is 12.9. The molecular weight excluding hydrogens is 382 g/mol. The summed E-state index contributed by atoms with van der Waals surface area (Å²) in [7, 11) is -3.28. The number of hydrogen-bond acceptors (Lipinski definition) is 4. The van der Waals surface area contributed by atoms with E-state index in [1.807, 2.05) is 60.7 Å². The number of hydrogen-bond donors (Lipinski definition) is 1. The predicted octanol–water partition coefficient (Wildman–Crippen LogP) is 4.26. The molecule has 1 heterocycles. The largest absolute Gasteiger partial charge is 0.489 e. The second-order valence-corrected chi connectivity index (χ2v) is 9.46. The summed E-state index contributed by atoms with van der Waals surface area (Å²) >= 11 is 0. The molecule has 1 aliphatic heterocycles. The average molecular weight is 407 g/mol. The van der Waals surface area contributed by atoms with E-state index in [-0.39, 0.29) is 5.25 Å². The van der Waals surface area contributed by atoms with Gasteiger partial charge in [-0.15, -0.1) is 0 Å². The molecule has 0 aromatic heterocycles. The van der Waals surface area contributed by atoms with Crippen molar-refractivity contribution in [2.45, 2.75) is 29.6 Å². The van der Waals surface area contributed by atoms with Crippen molar-refractivity contribution in [1.82, 2.24) is 5.32 Å². The molecule has 0 atom stereocenters. The first-order valence-corrected chi connectivity index (χ1v) is 11.4. The highest BCUT2D eigenvalue weighted by molar-refractivity contribution is 7.92. The number of piperidine rings is 1. The Morgan fingerprint density at radius 3 is 2.41 bits per heavy atom. The van der Waals surface area contributed by atoms with E-state index < -0.39 is 9.84 Å². The standard InChI is InChI=1S/C24H24NO3S/c26-29(27,24-13-15-25-16-14-24)23-11-9-20(10-12-23)21-7-4-8-22(17-21)28-18-19-5-2-1-3-6-19/h1-6,8-12,17,24-25H,13-16,18H2. The molecule has 0 amide bonds. The van der Waals surface area contributed by atoms with Crippen LogP contribution in [0.2, 0.25) is 0 Å². The van der Waals surface area contributed by atoms with Crippen LogP contribution in [-0.2, 0) is 16.4 Å². The zero-order chi connectivity index (χ0) is 20.1. The minimum absolute atomic E-state index is 0.295. The zero-order valence-electron chi connectivity index (χ0n) is 16.2. The van der Waals surface area contributed by atoms with Crippen LogP contribution in [0.15, 0.2) is 77.7 Å². The van der Waals surface area contributed by atoms with Gasteiger partial charge in [0.1, 0.15) is 12.4 Å². The van der Waals surface area contributed by atoms with Crippen molar-refractivity contribution in [1.29, 1.82) is 0 Å². The molecule has 149 valence electrons. The molecule has 0 spiro atoms. The van der Waals surface area contributed by atoms with Crippen LogP contribution in [0.1, 0.15) is 18.4 Å². The first kappa shape index (κ1) is 19.7. The zero-order valence-corrected chi connectivity index (χ0v) is 17.0. The van der Waals surface area contributed by atoms with Crippen molar-refractivity contribution >= 4 is 9.84 Å². The van der Waals surface area contributed by atoms with Gasteiger partial charge in [-0.3, -0.25) is 0 Å². The Bertz CT molecular complexity index is 1040. The van der Waals surface area contributed by atoms with E-state index in [9.17, 15) is 8.42 Å². The van der Waals surface area contributed by atoms with Gasteiger partial charge in [0.05, 0.1) is 10.1 Å². The summed E-state index contributed by atoms with van der Waals surface area (Å²) in [5.41, 5.74) is 2.90. The van der Waals surface area contributed by atoms with Crippen molar-refractivity contribution in [3.05, 3.63) is 84.4 Å². The summed E-state index contributed by atoms with van der Waals surface area (Å²) in [5, 5.41) is 2.92. The van der Waals surface area contributed by atoms with Crippen molar-refractivity contribution in [2.75, 3.05) is 13.1 Å². The molecule has 3 aromatic rings. The van der Waals surface area contributed by atoms with Gasteiger partial charge in [0.15, 0.2) is 9.84 Å². The lowest BCUT2D eigenvalue weighted by Crippen LogP contribution is -2.35. The highest BCUT2D eigenvalue weighted by Gasteiger charge is 2.28. The predicted molar refractivity (Wildman–Crippen MR) is 115 cm³/mol. The quantitative estimate of drug-likeness (QED) is 0.665. The fourth-order valence-electron chi connectivity index (χ4n) is 3.57. The van der Waals surface area contributed by atoms with Gasteiger partial charge in [-0.2, -0.15) is 0 Å². The SMILES string of the molecule is O=S(=O)(c1ccc(-c2[c]ccc(OCc3ccccc3)c2)cc1)C1CCNCC1. The molecule has 1 N–H and O–H groups in total. The van der Waals surface area contributed by atoms with Crippen LogP contribution < -0.4 is 10.1 Å². The monoisotopic (exact) mass is 406 g/mol. The molecule has 4 rings (SSSR count). The highest BCUT2D eigenvalue weighted by atomic mass is 32.2. The van der Waals surface area contributed by atoms with Crippen molar-refractivity contribution in [2.24, 2.45) is 0 Å². The molecule has 0 unspecified atom stereocenters. The molecule has 1 aliphatic rings. The normalized spacial score (nSPS) is 15.2. The fraction of sp³-hybridized carbons (Fsp3) is 0.250. The van der Waals surface area contributed by atoms with E-state index in [0.717, 1.165) is 35.5 Å². The van der Waals surface area contributed by atoms with Crippen LogP contribution in [0.4, 0.5) is 0 Å². The summed E-state index contributed by atoms with van der Waals surface area (Å²) in [6, 6.07) is 26.0. The Balaban J connectivity index is 1.49. The molecule has 3 aromatic carbocycles. The summed E-state index contributed by atoms with van der Waals surface area (Å²) in [5.74, 6) is 0.758. The summed E-state index contributed by atoms with van der Waals surface area (Å²) in [6.45, 7) is 2.01. The third-order valence-corrected chi connectivity index (χ3v) is 7.52. The van der Waals surface area contributed by atoms with E-state index in [1.165, 1.54) is 0 Å². The van der Waals surface area contributed by atoms with E-state index in [2.05, 4.69) is 11.4 Å². The van der Waals surface area contributed by atoms with Crippen LogP contribution in [0.5, 0.6) is 5.75 Å². The fourth-order valence-corrected chi connectivity index (χ4v) is 5.32. The molecular formula is C24H24NO3S. The molecule has 29 heavy (non-hydrogen) atoms. The summed E-state index contributed by atoms with van der Waals surface area (Å²) < 4.78 is 31.6. The van der Waals surface area contributed by atoms with E-state index >= 15 is 0 Å². The van der Waals surface area contributed by atoms with Gasteiger partial charge < -0.3 is 10.1 Å². The lowest BCUT2D eigenvalue weighted by molar-refractivity contribution is 0.306. The Labute approximate surface area is 172 Å². The first-order chi connectivity index (χ1) is 14.1. The maximum atomic E-state index is 12.9. The summed E-state index contributed by atoms with van der Waals surface area (Å²) in [6.07, 6.45) is 1.33. The Kier molecular flexibility index (Phi) is 5.97. The minimum atomic E-state index is -3.28. The Morgan fingerprint density at radius 2 is 1.69 bits per heavy atom. The van der Waals surface area contributed by atoms with Gasteiger partial charge in [-0.05, 0) is 73.0 Å². The van der Waals surface area contributed by atoms with E-state index in [0.29, 0.717) is 24.3 Å². The molecule has 0 aliphatic carbocycles. The van der Waals surface area contributed by atoms with Crippen LogP contribution in [0.25, 0.3) is 11.1 Å². The molecule has 0 bridgehead atoms. The smallest absolute Gasteiger partial charge is 0.181 e. The lowest BCUT2D eigenvalue weighted by Gasteiger charge is -2.22. The number of ether oxygens (including phenoxy) is 1. The Hall–Kier alpha value is -2.63. The van der Waals surface area contributed by atoms with Crippen LogP contribution in [0, 0.1) is 6.07 Å². The second kappa shape index (κ2) is 8.80. The number of benzene rings is 3. The highest BCUT2D eigenvalue weighted by Crippen LogP contribution is 2.27. The summed E-state index contributed by atoms with van der Waals surface area (Å²) in [4.78, 5) is 0.393. The number of sulfone groups is 1. The van der Waals surface area contributed by atoms with Gasteiger partial charge in [0.25, 0.3) is 0 Å². The van der Waals surface area contributed by atoms with E-state index in [1.54, 1.807) is 12.1 Å². The van der Waals surface area contributed by atoms with Crippen molar-refractivity contribution < 1.29 is 13.2 Å². The van der Waals surface area contributed by atoms with Gasteiger partial charge in [-0.1, -0.05) is 48.5 Å². The van der Waals surface area contributed by atoms with Crippen LogP contribution in [-0.4, -0.2) is 26.8 Å². The topological polar surface area (TPSA) is 55.4 Å².